The molecule has 13 heavy (non-hydrogen) atoms. The molecule has 0 aromatic heterocycles. The summed E-state index contributed by atoms with van der Waals surface area (Å²) in [6, 6.07) is 10.5. The second-order valence-electron chi connectivity index (χ2n) is 3.07. The standard InChI is InChI=1S/C13H16/c1-3-8-12(9-4-2)13-10-6-5-7-11-13/h3-7,9-12H,1,8H2,2H3/b9-4+. The number of hydrogen-bond acceptors (Lipinski definition) is 0. The minimum atomic E-state index is 0.490. The summed E-state index contributed by atoms with van der Waals surface area (Å²) in [6.07, 6.45) is 7.30. The van der Waals surface area contributed by atoms with E-state index in [2.05, 4.69) is 49.9 Å². The van der Waals surface area contributed by atoms with Crippen LogP contribution in [-0.4, -0.2) is 0 Å². The van der Waals surface area contributed by atoms with Gasteiger partial charge in [0.05, 0.1) is 0 Å². The molecule has 0 aliphatic carbocycles. The van der Waals surface area contributed by atoms with Crippen LogP contribution >= 0.6 is 0 Å². The van der Waals surface area contributed by atoms with Gasteiger partial charge in [0.25, 0.3) is 0 Å². The Labute approximate surface area is 80.6 Å². The average molecular weight is 172 g/mol. The van der Waals surface area contributed by atoms with Gasteiger partial charge >= 0.3 is 0 Å². The summed E-state index contributed by atoms with van der Waals surface area (Å²) in [7, 11) is 0. The highest BCUT2D eigenvalue weighted by atomic mass is 14.1. The molecule has 1 aromatic carbocycles. The van der Waals surface area contributed by atoms with E-state index in [0.29, 0.717) is 5.92 Å². The lowest BCUT2D eigenvalue weighted by Crippen LogP contribution is -1.92. The molecule has 0 bridgehead atoms. The molecule has 0 amide bonds. The van der Waals surface area contributed by atoms with Crippen LogP contribution in [-0.2, 0) is 0 Å². The topological polar surface area (TPSA) is 0 Å². The Morgan fingerprint density at radius 2 is 2.00 bits per heavy atom. The fraction of sp³-hybridized carbons (Fsp3) is 0.231. The zero-order chi connectivity index (χ0) is 9.52. The van der Waals surface area contributed by atoms with Gasteiger partial charge in [-0.05, 0) is 18.9 Å². The molecule has 0 saturated carbocycles. The van der Waals surface area contributed by atoms with Gasteiger partial charge in [0.2, 0.25) is 0 Å². The highest BCUT2D eigenvalue weighted by Gasteiger charge is 2.03. The molecule has 0 spiro atoms. The van der Waals surface area contributed by atoms with Gasteiger partial charge in [-0.1, -0.05) is 48.6 Å². The molecule has 1 aromatic rings. The smallest absolute Gasteiger partial charge is 0.00522 e. The Bertz CT molecular complexity index is 269. The molecule has 0 heterocycles. The van der Waals surface area contributed by atoms with Crippen molar-refractivity contribution in [3.63, 3.8) is 0 Å². The van der Waals surface area contributed by atoms with Gasteiger partial charge in [-0.15, -0.1) is 6.58 Å². The normalized spacial score (nSPS) is 13.0. The van der Waals surface area contributed by atoms with E-state index >= 15 is 0 Å². The van der Waals surface area contributed by atoms with E-state index in [9.17, 15) is 0 Å². The second-order valence-corrected chi connectivity index (χ2v) is 3.07. The van der Waals surface area contributed by atoms with E-state index in [4.69, 9.17) is 0 Å². The molecule has 1 unspecified atom stereocenters. The van der Waals surface area contributed by atoms with E-state index < -0.39 is 0 Å². The SMILES string of the molecule is C=CCC(/C=C/C)c1ccccc1. The maximum absolute atomic E-state index is 3.77. The van der Waals surface area contributed by atoms with Gasteiger partial charge in [0, 0.05) is 5.92 Å². The minimum Gasteiger partial charge on any atom is -0.103 e. The highest BCUT2D eigenvalue weighted by Crippen LogP contribution is 2.20. The van der Waals surface area contributed by atoms with E-state index in [1.807, 2.05) is 12.1 Å². The molecule has 0 nitrogen and oxygen atoms in total. The predicted molar refractivity (Wildman–Crippen MR) is 58.8 cm³/mol. The first-order valence-corrected chi connectivity index (χ1v) is 4.67. The summed E-state index contributed by atoms with van der Waals surface area (Å²) in [5, 5.41) is 0. The summed E-state index contributed by atoms with van der Waals surface area (Å²) in [5.41, 5.74) is 1.36. The number of rotatable bonds is 4. The number of allylic oxidation sites excluding steroid dienone is 3. The van der Waals surface area contributed by atoms with Crippen molar-refractivity contribution in [2.45, 2.75) is 19.3 Å². The van der Waals surface area contributed by atoms with Crippen LogP contribution in [0.5, 0.6) is 0 Å². The molecule has 0 fully saturated rings. The van der Waals surface area contributed by atoms with Crippen molar-refractivity contribution in [1.82, 2.24) is 0 Å². The van der Waals surface area contributed by atoms with Gasteiger partial charge in [0.15, 0.2) is 0 Å². The van der Waals surface area contributed by atoms with Gasteiger partial charge in [-0.3, -0.25) is 0 Å². The van der Waals surface area contributed by atoms with Crippen molar-refractivity contribution in [3.8, 4) is 0 Å². The molecule has 0 saturated heterocycles. The maximum atomic E-state index is 3.77. The van der Waals surface area contributed by atoms with Crippen molar-refractivity contribution < 1.29 is 0 Å². The van der Waals surface area contributed by atoms with Crippen molar-refractivity contribution in [3.05, 3.63) is 60.7 Å². The molecule has 1 rings (SSSR count). The van der Waals surface area contributed by atoms with Gasteiger partial charge in [0.1, 0.15) is 0 Å². The van der Waals surface area contributed by atoms with Crippen LogP contribution in [0.2, 0.25) is 0 Å². The molecule has 0 heteroatoms. The third-order valence-corrected chi connectivity index (χ3v) is 2.07. The summed E-state index contributed by atoms with van der Waals surface area (Å²) in [6.45, 7) is 5.83. The summed E-state index contributed by atoms with van der Waals surface area (Å²) >= 11 is 0. The largest absolute Gasteiger partial charge is 0.103 e. The van der Waals surface area contributed by atoms with E-state index in [-0.39, 0.29) is 0 Å². The third-order valence-electron chi connectivity index (χ3n) is 2.07. The molecular formula is C13H16. The lowest BCUT2D eigenvalue weighted by Gasteiger charge is -2.09. The first-order valence-electron chi connectivity index (χ1n) is 4.67. The van der Waals surface area contributed by atoms with Crippen LogP contribution in [0.15, 0.2) is 55.1 Å². The van der Waals surface area contributed by atoms with Crippen molar-refractivity contribution in [2.24, 2.45) is 0 Å². The van der Waals surface area contributed by atoms with Crippen molar-refractivity contribution in [2.75, 3.05) is 0 Å². The van der Waals surface area contributed by atoms with Crippen LogP contribution in [0.3, 0.4) is 0 Å². The Balaban J connectivity index is 2.81. The highest BCUT2D eigenvalue weighted by molar-refractivity contribution is 5.24. The Morgan fingerprint density at radius 1 is 1.31 bits per heavy atom. The van der Waals surface area contributed by atoms with Crippen LogP contribution in [0, 0.1) is 0 Å². The Morgan fingerprint density at radius 3 is 2.54 bits per heavy atom. The minimum absolute atomic E-state index is 0.490. The third kappa shape index (κ3) is 2.90. The maximum Gasteiger partial charge on any atom is 0.00522 e. The zero-order valence-corrected chi connectivity index (χ0v) is 8.11. The summed E-state index contributed by atoms with van der Waals surface area (Å²) in [5.74, 6) is 0.490. The molecule has 1 atom stereocenters. The quantitative estimate of drug-likeness (QED) is 0.604. The lowest BCUT2D eigenvalue weighted by molar-refractivity contribution is 0.863. The van der Waals surface area contributed by atoms with E-state index in [1.54, 1.807) is 0 Å². The molecule has 0 radical (unpaired) electrons. The van der Waals surface area contributed by atoms with Crippen LogP contribution in [0.25, 0.3) is 0 Å². The van der Waals surface area contributed by atoms with Gasteiger partial charge < -0.3 is 0 Å². The van der Waals surface area contributed by atoms with Gasteiger partial charge in [-0.25, -0.2) is 0 Å². The van der Waals surface area contributed by atoms with Crippen LogP contribution in [0.4, 0.5) is 0 Å². The van der Waals surface area contributed by atoms with E-state index in [1.165, 1.54) is 5.56 Å². The molecule has 68 valence electrons. The van der Waals surface area contributed by atoms with Crippen LogP contribution < -0.4 is 0 Å². The monoisotopic (exact) mass is 172 g/mol. The summed E-state index contributed by atoms with van der Waals surface area (Å²) < 4.78 is 0. The first-order chi connectivity index (χ1) is 6.38. The molecule has 0 aliphatic heterocycles. The zero-order valence-electron chi connectivity index (χ0n) is 8.11. The van der Waals surface area contributed by atoms with Crippen LogP contribution in [0.1, 0.15) is 24.8 Å². The predicted octanol–water partition coefficient (Wildman–Crippen LogP) is 3.92. The first kappa shape index (κ1) is 9.79. The van der Waals surface area contributed by atoms with E-state index in [0.717, 1.165) is 6.42 Å². The van der Waals surface area contributed by atoms with Crippen molar-refractivity contribution >= 4 is 0 Å². The lowest BCUT2D eigenvalue weighted by atomic mass is 9.95. The number of hydrogen-bond donors (Lipinski definition) is 0. The van der Waals surface area contributed by atoms with Crippen molar-refractivity contribution in [1.29, 1.82) is 0 Å². The number of benzene rings is 1. The van der Waals surface area contributed by atoms with Gasteiger partial charge in [-0.2, -0.15) is 0 Å². The molecular weight excluding hydrogens is 156 g/mol. The fourth-order valence-electron chi connectivity index (χ4n) is 1.44. The summed E-state index contributed by atoms with van der Waals surface area (Å²) in [4.78, 5) is 0. The Kier molecular flexibility index (Phi) is 4.04. The molecule has 0 N–H and O–H groups in total. The molecule has 0 aliphatic rings. The average Bonchev–Trinajstić information content (AvgIpc) is 2.19. The second kappa shape index (κ2) is 5.36. The fourth-order valence-corrected chi connectivity index (χ4v) is 1.44. The Hall–Kier alpha value is -1.30.